The second-order valence-electron chi connectivity index (χ2n) is 2.19. The quantitative estimate of drug-likeness (QED) is 0.448. The average molecular weight is 153 g/mol. The maximum Gasteiger partial charge on any atom is 0.0912 e. The van der Waals surface area contributed by atoms with Gasteiger partial charge in [-0.25, -0.2) is 0 Å². The Kier molecular flexibility index (Phi) is 2.71. The zero-order valence-electron chi connectivity index (χ0n) is 6.49. The highest BCUT2D eigenvalue weighted by molar-refractivity contribution is 5.59. The molecule has 0 aliphatic rings. The fraction of sp³-hybridized carbons (Fsp3) is 0. The Bertz CT molecular complexity index is 375. The third kappa shape index (κ3) is 1.75. The second-order valence-corrected chi connectivity index (χ2v) is 2.19. The molecule has 0 heterocycles. The first-order valence-corrected chi connectivity index (χ1v) is 3.50. The molecule has 1 aromatic rings. The van der Waals surface area contributed by atoms with Crippen LogP contribution in [0.3, 0.4) is 0 Å². The predicted molar refractivity (Wildman–Crippen MR) is 49.0 cm³/mol. The van der Waals surface area contributed by atoms with Gasteiger partial charge in [0, 0.05) is 11.6 Å². The predicted octanol–water partition coefficient (Wildman–Crippen LogP) is 2.20. The van der Waals surface area contributed by atoms with Crippen LogP contribution >= 0.6 is 0 Å². The molecule has 0 aliphatic carbocycles. The normalized spacial score (nSPS) is 9.17. The van der Waals surface area contributed by atoms with Crippen molar-refractivity contribution in [2.75, 3.05) is 0 Å². The van der Waals surface area contributed by atoms with Gasteiger partial charge >= 0.3 is 0 Å². The zero-order chi connectivity index (χ0) is 8.81. The number of nitriles is 1. The molecule has 1 aromatic carbocycles. The fourth-order valence-electron chi connectivity index (χ4n) is 0.901. The molecule has 0 aliphatic heterocycles. The van der Waals surface area contributed by atoms with E-state index in [-0.39, 0.29) is 0 Å². The van der Waals surface area contributed by atoms with Gasteiger partial charge < -0.3 is 0 Å². The lowest BCUT2D eigenvalue weighted by atomic mass is 10.1. The minimum Gasteiger partial charge on any atom is -0.193 e. The van der Waals surface area contributed by atoms with E-state index in [9.17, 15) is 0 Å². The summed E-state index contributed by atoms with van der Waals surface area (Å²) in [5.41, 5.74) is 1.71. The van der Waals surface area contributed by atoms with Crippen molar-refractivity contribution in [3.05, 3.63) is 41.5 Å². The summed E-state index contributed by atoms with van der Waals surface area (Å²) < 4.78 is 0. The van der Waals surface area contributed by atoms with Crippen molar-refractivity contribution in [3.8, 4) is 18.4 Å². The largest absolute Gasteiger partial charge is 0.193 e. The molecule has 0 saturated carbocycles. The monoisotopic (exact) mass is 153 g/mol. The third-order valence-corrected chi connectivity index (χ3v) is 1.45. The Morgan fingerprint density at radius 3 is 2.75 bits per heavy atom. The Balaban J connectivity index is 3.09. The van der Waals surface area contributed by atoms with Gasteiger partial charge in [-0.2, -0.15) is 5.26 Å². The van der Waals surface area contributed by atoms with Crippen LogP contribution in [0.5, 0.6) is 0 Å². The molecular weight excluding hydrogens is 146 g/mol. The molecule has 0 radical (unpaired) electrons. The molecular formula is C11H7N. The maximum absolute atomic E-state index is 8.30. The highest BCUT2D eigenvalue weighted by Gasteiger charge is 1.91. The molecule has 0 saturated heterocycles. The van der Waals surface area contributed by atoms with Crippen LogP contribution in [0.4, 0.5) is 0 Å². The van der Waals surface area contributed by atoms with Crippen molar-refractivity contribution < 1.29 is 0 Å². The number of hydrogen-bond donors (Lipinski definition) is 0. The first-order valence-electron chi connectivity index (χ1n) is 3.50. The van der Waals surface area contributed by atoms with E-state index in [1.807, 2.05) is 30.3 Å². The van der Waals surface area contributed by atoms with Gasteiger partial charge in [0.25, 0.3) is 0 Å². The van der Waals surface area contributed by atoms with Gasteiger partial charge in [-0.3, -0.25) is 0 Å². The van der Waals surface area contributed by atoms with E-state index in [1.165, 1.54) is 6.08 Å². The summed E-state index contributed by atoms with van der Waals surface area (Å²) in [5, 5.41) is 8.30. The van der Waals surface area contributed by atoms with Crippen molar-refractivity contribution in [2.45, 2.75) is 0 Å². The number of hydrogen-bond acceptors (Lipinski definition) is 1. The Morgan fingerprint density at radius 2 is 2.08 bits per heavy atom. The van der Waals surface area contributed by atoms with Crippen molar-refractivity contribution in [2.24, 2.45) is 0 Å². The standard InChI is InChI=1S/C11H7N/c1-2-10-6-3-4-7-11(10)8-5-9-12/h1,3-8H. The van der Waals surface area contributed by atoms with E-state index < -0.39 is 0 Å². The van der Waals surface area contributed by atoms with Crippen LogP contribution in [0.25, 0.3) is 6.08 Å². The van der Waals surface area contributed by atoms with E-state index in [0.717, 1.165) is 11.1 Å². The van der Waals surface area contributed by atoms with Crippen LogP contribution in [0, 0.1) is 23.7 Å². The molecule has 0 unspecified atom stereocenters. The number of rotatable bonds is 1. The van der Waals surface area contributed by atoms with Crippen LogP contribution in [0.2, 0.25) is 0 Å². The van der Waals surface area contributed by atoms with E-state index >= 15 is 0 Å². The minimum atomic E-state index is 0.809. The van der Waals surface area contributed by atoms with Gasteiger partial charge in [0.05, 0.1) is 6.07 Å². The van der Waals surface area contributed by atoms with Crippen LogP contribution < -0.4 is 0 Å². The van der Waals surface area contributed by atoms with E-state index in [0.29, 0.717) is 0 Å². The lowest BCUT2D eigenvalue weighted by Gasteiger charge is -1.95. The van der Waals surface area contributed by atoms with Crippen LogP contribution in [-0.2, 0) is 0 Å². The number of nitrogens with zero attached hydrogens (tertiary/aromatic N) is 1. The molecule has 0 amide bonds. The Hall–Kier alpha value is -1.99. The first-order chi connectivity index (χ1) is 5.88. The molecule has 56 valence electrons. The van der Waals surface area contributed by atoms with E-state index in [2.05, 4.69) is 5.92 Å². The molecule has 0 spiro atoms. The molecule has 0 bridgehead atoms. The molecule has 1 heteroatoms. The van der Waals surface area contributed by atoms with Gasteiger partial charge in [-0.05, 0) is 17.7 Å². The summed E-state index contributed by atoms with van der Waals surface area (Å²) in [6.07, 6.45) is 8.37. The number of benzene rings is 1. The van der Waals surface area contributed by atoms with Crippen molar-refractivity contribution in [1.29, 1.82) is 5.26 Å². The highest BCUT2D eigenvalue weighted by atomic mass is 14.2. The maximum atomic E-state index is 8.30. The number of terminal acetylenes is 1. The summed E-state index contributed by atoms with van der Waals surface area (Å²) in [6, 6.07) is 9.40. The number of allylic oxidation sites excluding steroid dienone is 1. The summed E-state index contributed by atoms with van der Waals surface area (Å²) >= 11 is 0. The van der Waals surface area contributed by atoms with Crippen molar-refractivity contribution in [1.82, 2.24) is 0 Å². The van der Waals surface area contributed by atoms with Crippen LogP contribution in [0.15, 0.2) is 30.3 Å². The lowest BCUT2D eigenvalue weighted by molar-refractivity contribution is 1.53. The van der Waals surface area contributed by atoms with Gasteiger partial charge in [0.2, 0.25) is 0 Å². The molecule has 0 atom stereocenters. The van der Waals surface area contributed by atoms with E-state index in [4.69, 9.17) is 11.7 Å². The summed E-state index contributed by atoms with van der Waals surface area (Å²) in [4.78, 5) is 0. The van der Waals surface area contributed by atoms with Gasteiger partial charge in [0.1, 0.15) is 0 Å². The molecule has 0 N–H and O–H groups in total. The van der Waals surface area contributed by atoms with Crippen molar-refractivity contribution in [3.63, 3.8) is 0 Å². The zero-order valence-corrected chi connectivity index (χ0v) is 6.49. The minimum absolute atomic E-state index is 0.809. The summed E-state index contributed by atoms with van der Waals surface area (Å²) in [7, 11) is 0. The topological polar surface area (TPSA) is 23.8 Å². The Morgan fingerprint density at radius 1 is 1.33 bits per heavy atom. The molecule has 1 nitrogen and oxygen atoms in total. The smallest absolute Gasteiger partial charge is 0.0912 e. The Labute approximate surface area is 72.0 Å². The fourth-order valence-corrected chi connectivity index (χ4v) is 0.901. The SMILES string of the molecule is C#Cc1ccccc1C=CC#N. The average Bonchev–Trinajstić information content (AvgIpc) is 2.15. The molecule has 1 rings (SSSR count). The second kappa shape index (κ2) is 4.01. The summed E-state index contributed by atoms with van der Waals surface area (Å²) in [5.74, 6) is 2.54. The van der Waals surface area contributed by atoms with Gasteiger partial charge in [-0.1, -0.05) is 24.1 Å². The highest BCUT2D eigenvalue weighted by Crippen LogP contribution is 2.08. The lowest BCUT2D eigenvalue weighted by Crippen LogP contribution is -1.78. The van der Waals surface area contributed by atoms with Crippen LogP contribution in [0.1, 0.15) is 11.1 Å². The van der Waals surface area contributed by atoms with Gasteiger partial charge in [-0.15, -0.1) is 6.42 Å². The third-order valence-electron chi connectivity index (χ3n) is 1.45. The first kappa shape index (κ1) is 8.11. The summed E-state index contributed by atoms with van der Waals surface area (Å²) in [6.45, 7) is 0. The molecule has 12 heavy (non-hydrogen) atoms. The van der Waals surface area contributed by atoms with E-state index in [1.54, 1.807) is 6.08 Å². The van der Waals surface area contributed by atoms with Crippen LogP contribution in [-0.4, -0.2) is 0 Å². The van der Waals surface area contributed by atoms with Crippen molar-refractivity contribution >= 4 is 6.08 Å². The molecule has 0 aromatic heterocycles. The molecule has 0 fully saturated rings. The van der Waals surface area contributed by atoms with Gasteiger partial charge in [0.15, 0.2) is 0 Å².